The Morgan fingerprint density at radius 2 is 2.06 bits per heavy atom. The zero-order chi connectivity index (χ0) is 12.2. The minimum atomic E-state index is -5.22. The highest BCUT2D eigenvalue weighted by atomic mass is 19.4. The Balaban J connectivity index is 3.08. The number of halogens is 3. The van der Waals surface area contributed by atoms with Crippen LogP contribution in [0.2, 0.25) is 0 Å². The van der Waals surface area contributed by atoms with E-state index in [1.54, 1.807) is 0 Å². The lowest BCUT2D eigenvalue weighted by Gasteiger charge is -2.17. The second-order valence-corrected chi connectivity index (χ2v) is 2.99. The second kappa shape index (κ2) is 4.90. The van der Waals surface area contributed by atoms with Crippen molar-refractivity contribution in [2.24, 2.45) is 0 Å². The maximum Gasteiger partial charge on any atom is 0.511 e. The van der Waals surface area contributed by atoms with E-state index in [0.717, 1.165) is 12.1 Å². The Kier molecular flexibility index (Phi) is 3.80. The van der Waals surface area contributed by atoms with Gasteiger partial charge in [-0.25, -0.2) is 0 Å². The van der Waals surface area contributed by atoms with E-state index in [4.69, 9.17) is 10.00 Å². The van der Waals surface area contributed by atoms with Crippen LogP contribution in [0.15, 0.2) is 18.2 Å². The van der Waals surface area contributed by atoms with Crippen molar-refractivity contribution < 1.29 is 22.4 Å². The van der Waals surface area contributed by atoms with Crippen molar-refractivity contribution in [1.82, 2.24) is 0 Å². The van der Waals surface area contributed by atoms with Gasteiger partial charge in [0.05, 0.1) is 6.07 Å². The van der Waals surface area contributed by atoms with Crippen LogP contribution in [0.25, 0.3) is 0 Å². The fourth-order valence-electron chi connectivity index (χ4n) is 1.13. The number of methoxy groups -OCH3 is 1. The monoisotopic (exact) mass is 230 g/mol. The zero-order valence-electron chi connectivity index (χ0n) is 8.41. The fourth-order valence-corrected chi connectivity index (χ4v) is 1.13. The molecule has 1 aromatic rings. The van der Waals surface area contributed by atoms with Crippen LogP contribution in [0.5, 0.6) is 5.75 Å². The third kappa shape index (κ3) is 2.91. The molecule has 86 valence electrons. The van der Waals surface area contributed by atoms with Gasteiger partial charge in [-0.3, -0.25) is 0 Å². The van der Waals surface area contributed by atoms with E-state index < -0.39 is 18.0 Å². The quantitative estimate of drug-likeness (QED) is 0.582. The van der Waals surface area contributed by atoms with Gasteiger partial charge in [0.2, 0.25) is 0 Å². The minimum Gasteiger partial charge on any atom is -0.468 e. The van der Waals surface area contributed by atoms with Crippen LogP contribution in [0, 0.1) is 11.3 Å². The van der Waals surface area contributed by atoms with E-state index >= 15 is 0 Å². The molecule has 0 radical (unpaired) electrons. The highest BCUT2D eigenvalue weighted by Crippen LogP contribution is 2.17. The zero-order valence-corrected chi connectivity index (χ0v) is 8.41. The van der Waals surface area contributed by atoms with E-state index in [0.29, 0.717) is 0 Å². The van der Waals surface area contributed by atoms with Gasteiger partial charge < -0.3 is 22.4 Å². The first-order valence-electron chi connectivity index (χ1n) is 4.34. The number of hydrogen-bond acceptors (Lipinski definition) is 3. The maximum atomic E-state index is 12.6. The smallest absolute Gasteiger partial charge is 0.468 e. The van der Waals surface area contributed by atoms with E-state index in [-0.39, 0.29) is 12.5 Å². The first-order chi connectivity index (χ1) is 7.49. The van der Waals surface area contributed by atoms with Crippen molar-refractivity contribution in [3.63, 3.8) is 0 Å². The molecule has 7 heteroatoms. The molecule has 0 heterocycles. The number of rotatable bonds is 4. The van der Waals surface area contributed by atoms with Crippen LogP contribution in [-0.4, -0.2) is 20.9 Å². The van der Waals surface area contributed by atoms with Gasteiger partial charge in [0, 0.05) is 12.7 Å². The Hall–Kier alpha value is -1.68. The summed E-state index contributed by atoms with van der Waals surface area (Å²) in [6, 6.07) is 4.67. The molecular formula is C9H8BF3NO2-. The van der Waals surface area contributed by atoms with E-state index in [1.165, 1.54) is 19.2 Å². The molecule has 0 aliphatic heterocycles. The van der Waals surface area contributed by atoms with Gasteiger partial charge in [-0.1, -0.05) is 5.46 Å². The van der Waals surface area contributed by atoms with Crippen molar-refractivity contribution in [2.75, 3.05) is 13.9 Å². The fraction of sp³-hybridized carbons (Fsp3) is 0.222. The van der Waals surface area contributed by atoms with Crippen LogP contribution in [-0.2, 0) is 4.74 Å². The predicted octanol–water partition coefficient (Wildman–Crippen LogP) is 1.60. The molecule has 0 amide bonds. The van der Waals surface area contributed by atoms with Gasteiger partial charge in [0.25, 0.3) is 0 Å². The van der Waals surface area contributed by atoms with Crippen LogP contribution >= 0.6 is 0 Å². The number of ether oxygens (including phenoxy) is 2. The van der Waals surface area contributed by atoms with Gasteiger partial charge in [0.15, 0.2) is 6.79 Å². The minimum absolute atomic E-state index is 0.0232. The lowest BCUT2D eigenvalue weighted by molar-refractivity contribution is 0.0511. The number of nitriles is 1. The molecule has 3 nitrogen and oxygen atoms in total. The summed E-state index contributed by atoms with van der Waals surface area (Å²) in [6.07, 6.45) is 0. The van der Waals surface area contributed by atoms with Gasteiger partial charge in [-0.2, -0.15) is 5.26 Å². The molecule has 0 atom stereocenters. The Labute approximate surface area is 90.4 Å². The first kappa shape index (κ1) is 12.4. The molecule has 1 aromatic carbocycles. The summed E-state index contributed by atoms with van der Waals surface area (Å²) in [4.78, 5) is 0. The average Bonchev–Trinajstić information content (AvgIpc) is 2.24. The van der Waals surface area contributed by atoms with Crippen LogP contribution < -0.4 is 10.2 Å². The molecule has 0 saturated heterocycles. The van der Waals surface area contributed by atoms with Crippen molar-refractivity contribution in [3.8, 4) is 11.8 Å². The molecule has 0 aromatic heterocycles. The molecule has 0 aliphatic rings. The summed E-state index contributed by atoms with van der Waals surface area (Å²) < 4.78 is 47.1. The normalized spacial score (nSPS) is 10.9. The van der Waals surface area contributed by atoms with Gasteiger partial charge in [-0.15, -0.1) is 0 Å². The summed E-state index contributed by atoms with van der Waals surface area (Å²) in [6.45, 7) is -5.36. The van der Waals surface area contributed by atoms with Gasteiger partial charge in [0.1, 0.15) is 5.75 Å². The standard InChI is InChI=1S/C9H8BF3NO2/c1-15-6-16-8-3-2-7(5-14)9(4-8)10(11,12)13/h2-4H,6H2,1H3/q-1. The maximum absolute atomic E-state index is 12.6. The Morgan fingerprint density at radius 1 is 1.38 bits per heavy atom. The molecule has 1 rings (SSSR count). The number of benzene rings is 1. The highest BCUT2D eigenvalue weighted by Gasteiger charge is 2.28. The van der Waals surface area contributed by atoms with E-state index in [1.807, 2.05) is 0 Å². The molecule has 0 saturated carbocycles. The molecule has 0 fully saturated rings. The third-order valence-electron chi connectivity index (χ3n) is 1.84. The van der Waals surface area contributed by atoms with Crippen LogP contribution in [0.3, 0.4) is 0 Å². The summed E-state index contributed by atoms with van der Waals surface area (Å²) >= 11 is 0. The van der Waals surface area contributed by atoms with Gasteiger partial charge >= 0.3 is 6.98 Å². The Morgan fingerprint density at radius 3 is 2.56 bits per heavy atom. The lowest BCUT2D eigenvalue weighted by atomic mass is 9.77. The van der Waals surface area contributed by atoms with Crippen molar-refractivity contribution in [1.29, 1.82) is 5.26 Å². The second-order valence-electron chi connectivity index (χ2n) is 2.99. The molecule has 0 unspecified atom stereocenters. The SMILES string of the molecule is COCOc1ccc(C#N)c([B-](F)(F)F)c1. The predicted molar refractivity (Wildman–Crippen MR) is 52.4 cm³/mol. The number of hydrogen-bond donors (Lipinski definition) is 0. The van der Waals surface area contributed by atoms with Crippen molar-refractivity contribution >= 4 is 12.4 Å². The number of nitrogens with zero attached hydrogens (tertiary/aromatic N) is 1. The topological polar surface area (TPSA) is 42.2 Å². The van der Waals surface area contributed by atoms with Gasteiger partial charge in [-0.05, 0) is 18.2 Å². The van der Waals surface area contributed by atoms with Crippen molar-refractivity contribution in [3.05, 3.63) is 23.8 Å². The average molecular weight is 230 g/mol. The Bertz CT molecular complexity index is 414. The van der Waals surface area contributed by atoms with E-state index in [2.05, 4.69) is 4.74 Å². The molecule has 0 spiro atoms. The largest absolute Gasteiger partial charge is 0.511 e. The summed E-state index contributed by atoms with van der Waals surface area (Å²) in [5.74, 6) is 0.0232. The molecular weight excluding hydrogens is 222 g/mol. The van der Waals surface area contributed by atoms with Crippen LogP contribution in [0.4, 0.5) is 12.9 Å². The molecule has 16 heavy (non-hydrogen) atoms. The third-order valence-corrected chi connectivity index (χ3v) is 1.84. The molecule has 0 aliphatic carbocycles. The van der Waals surface area contributed by atoms with E-state index in [9.17, 15) is 12.9 Å². The lowest BCUT2D eigenvalue weighted by Crippen LogP contribution is -2.36. The van der Waals surface area contributed by atoms with Crippen LogP contribution in [0.1, 0.15) is 5.56 Å². The summed E-state index contributed by atoms with van der Waals surface area (Å²) in [5, 5.41) is 8.54. The molecule has 0 N–H and O–H groups in total. The van der Waals surface area contributed by atoms with Crippen molar-refractivity contribution in [2.45, 2.75) is 0 Å². The highest BCUT2D eigenvalue weighted by molar-refractivity contribution is 6.74. The first-order valence-corrected chi connectivity index (χ1v) is 4.34. The molecule has 0 bridgehead atoms. The summed E-state index contributed by atoms with van der Waals surface area (Å²) in [5.41, 5.74) is -1.35. The summed E-state index contributed by atoms with van der Waals surface area (Å²) in [7, 11) is 1.36.